The third-order valence-corrected chi connectivity index (χ3v) is 3.03. The van der Waals surface area contributed by atoms with Gasteiger partial charge in [-0.15, -0.1) is 0 Å². The van der Waals surface area contributed by atoms with Crippen LogP contribution in [-0.4, -0.2) is 0 Å². The first kappa shape index (κ1) is 9.51. The Morgan fingerprint density at radius 1 is 1.21 bits per heavy atom. The third kappa shape index (κ3) is 2.06. The quantitative estimate of drug-likeness (QED) is 0.661. The van der Waals surface area contributed by atoms with Crippen LogP contribution >= 0.6 is 0 Å². The average molecular weight is 186 g/mol. The number of hydrogen-bond acceptors (Lipinski definition) is 0. The zero-order chi connectivity index (χ0) is 9.80. The highest BCUT2D eigenvalue weighted by Gasteiger charge is 2.15. The van der Waals surface area contributed by atoms with Crippen molar-refractivity contribution >= 4 is 5.57 Å². The van der Waals surface area contributed by atoms with Gasteiger partial charge in [0.1, 0.15) is 0 Å². The van der Waals surface area contributed by atoms with Crippen molar-refractivity contribution in [3.05, 3.63) is 42.0 Å². The van der Waals surface area contributed by atoms with Gasteiger partial charge in [0.2, 0.25) is 0 Å². The molecule has 0 radical (unpaired) electrons. The molecule has 74 valence electrons. The van der Waals surface area contributed by atoms with Crippen molar-refractivity contribution in [2.45, 2.75) is 32.6 Å². The fraction of sp³-hybridized carbons (Fsp3) is 0.429. The van der Waals surface area contributed by atoms with Crippen LogP contribution in [0.1, 0.15) is 38.2 Å². The van der Waals surface area contributed by atoms with Crippen molar-refractivity contribution in [3.8, 4) is 0 Å². The van der Waals surface area contributed by atoms with E-state index in [0.29, 0.717) is 0 Å². The van der Waals surface area contributed by atoms with E-state index in [1.807, 2.05) is 0 Å². The Labute approximate surface area is 86.7 Å². The Kier molecular flexibility index (Phi) is 3.03. The van der Waals surface area contributed by atoms with Crippen LogP contribution in [0.15, 0.2) is 36.4 Å². The molecule has 0 fully saturated rings. The van der Waals surface area contributed by atoms with Crippen LogP contribution in [-0.2, 0) is 0 Å². The van der Waals surface area contributed by atoms with Crippen LogP contribution in [0.3, 0.4) is 0 Å². The lowest BCUT2D eigenvalue weighted by molar-refractivity contribution is 0.569. The first-order valence-corrected chi connectivity index (χ1v) is 5.66. The second-order valence-electron chi connectivity index (χ2n) is 4.15. The van der Waals surface area contributed by atoms with Gasteiger partial charge >= 0.3 is 0 Å². The van der Waals surface area contributed by atoms with Crippen molar-refractivity contribution in [1.29, 1.82) is 0 Å². The molecule has 1 aromatic rings. The lowest BCUT2D eigenvalue weighted by atomic mass is 10.0. The molecule has 0 N–H and O–H groups in total. The van der Waals surface area contributed by atoms with E-state index in [4.69, 9.17) is 0 Å². The van der Waals surface area contributed by atoms with Crippen molar-refractivity contribution in [2.75, 3.05) is 0 Å². The molecule has 14 heavy (non-hydrogen) atoms. The van der Waals surface area contributed by atoms with Crippen LogP contribution in [0, 0.1) is 5.92 Å². The fourth-order valence-corrected chi connectivity index (χ4v) is 2.28. The van der Waals surface area contributed by atoms with Crippen LogP contribution in [0.4, 0.5) is 0 Å². The van der Waals surface area contributed by atoms with E-state index >= 15 is 0 Å². The summed E-state index contributed by atoms with van der Waals surface area (Å²) in [4.78, 5) is 0. The highest BCUT2D eigenvalue weighted by Crippen LogP contribution is 2.33. The maximum absolute atomic E-state index is 2.48. The monoisotopic (exact) mass is 186 g/mol. The predicted octanol–water partition coefficient (Wildman–Crippen LogP) is 4.28. The van der Waals surface area contributed by atoms with Crippen molar-refractivity contribution < 1.29 is 0 Å². The number of rotatable bonds is 3. The average Bonchev–Trinajstić information content (AvgIpc) is 2.68. The Morgan fingerprint density at radius 2 is 2.00 bits per heavy atom. The third-order valence-electron chi connectivity index (χ3n) is 3.03. The van der Waals surface area contributed by atoms with Gasteiger partial charge in [-0.1, -0.05) is 49.8 Å². The van der Waals surface area contributed by atoms with Crippen LogP contribution < -0.4 is 0 Å². The zero-order valence-electron chi connectivity index (χ0n) is 8.87. The first-order valence-electron chi connectivity index (χ1n) is 5.66. The number of benzene rings is 1. The lowest BCUT2D eigenvalue weighted by Crippen LogP contribution is -1.88. The van der Waals surface area contributed by atoms with Crippen molar-refractivity contribution in [2.24, 2.45) is 5.92 Å². The van der Waals surface area contributed by atoms with Gasteiger partial charge in [-0.25, -0.2) is 0 Å². The normalized spacial score (nSPS) is 20.9. The molecule has 1 aromatic carbocycles. The van der Waals surface area contributed by atoms with Gasteiger partial charge in [-0.2, -0.15) is 0 Å². The van der Waals surface area contributed by atoms with Crippen molar-refractivity contribution in [3.63, 3.8) is 0 Å². The molecule has 0 aliphatic heterocycles. The molecule has 0 heteroatoms. The van der Waals surface area contributed by atoms with E-state index in [2.05, 4.69) is 43.3 Å². The van der Waals surface area contributed by atoms with Gasteiger partial charge in [-0.3, -0.25) is 0 Å². The predicted molar refractivity (Wildman–Crippen MR) is 62.1 cm³/mol. The lowest BCUT2D eigenvalue weighted by Gasteiger charge is -2.01. The summed E-state index contributed by atoms with van der Waals surface area (Å²) < 4.78 is 0. The molecule has 1 aliphatic carbocycles. The van der Waals surface area contributed by atoms with Crippen LogP contribution in [0.25, 0.3) is 5.57 Å². The summed E-state index contributed by atoms with van der Waals surface area (Å²) in [6.07, 6.45) is 7.78. The van der Waals surface area contributed by atoms with Gasteiger partial charge in [0.25, 0.3) is 0 Å². The second-order valence-corrected chi connectivity index (χ2v) is 4.15. The van der Waals surface area contributed by atoms with Crippen molar-refractivity contribution in [1.82, 2.24) is 0 Å². The van der Waals surface area contributed by atoms with Gasteiger partial charge < -0.3 is 0 Å². The SMILES string of the molecule is CCCC1C=C(c2ccccc2)CC1. The summed E-state index contributed by atoms with van der Waals surface area (Å²) in [6.45, 7) is 2.27. The maximum atomic E-state index is 2.48. The largest absolute Gasteiger partial charge is 0.0776 e. The van der Waals surface area contributed by atoms with E-state index in [9.17, 15) is 0 Å². The minimum absolute atomic E-state index is 0.843. The van der Waals surface area contributed by atoms with Gasteiger partial charge in [0.15, 0.2) is 0 Å². The molecule has 0 spiro atoms. The summed E-state index contributed by atoms with van der Waals surface area (Å²) in [5.74, 6) is 0.843. The fourth-order valence-electron chi connectivity index (χ4n) is 2.28. The first-order chi connectivity index (χ1) is 6.90. The summed E-state index contributed by atoms with van der Waals surface area (Å²) in [5.41, 5.74) is 2.98. The van der Waals surface area contributed by atoms with E-state index in [1.165, 1.54) is 31.2 Å². The molecule has 0 heterocycles. The summed E-state index contributed by atoms with van der Waals surface area (Å²) in [5, 5.41) is 0. The van der Waals surface area contributed by atoms with Gasteiger partial charge in [-0.05, 0) is 36.3 Å². The Hall–Kier alpha value is -1.04. The van der Waals surface area contributed by atoms with E-state index in [-0.39, 0.29) is 0 Å². The summed E-state index contributed by atoms with van der Waals surface area (Å²) >= 11 is 0. The summed E-state index contributed by atoms with van der Waals surface area (Å²) in [7, 11) is 0. The molecule has 0 amide bonds. The smallest absolute Gasteiger partial charge is 0.0224 e. The molecule has 0 aromatic heterocycles. The second kappa shape index (κ2) is 4.45. The van der Waals surface area contributed by atoms with Crippen LogP contribution in [0.2, 0.25) is 0 Å². The Bertz CT molecular complexity index is 308. The number of hydrogen-bond donors (Lipinski definition) is 0. The zero-order valence-corrected chi connectivity index (χ0v) is 8.87. The number of allylic oxidation sites excluding steroid dienone is 2. The van der Waals surface area contributed by atoms with E-state index < -0.39 is 0 Å². The topological polar surface area (TPSA) is 0 Å². The Balaban J connectivity index is 2.10. The highest BCUT2D eigenvalue weighted by molar-refractivity contribution is 5.67. The highest BCUT2D eigenvalue weighted by atomic mass is 14.2. The molecule has 0 nitrogen and oxygen atoms in total. The minimum Gasteiger partial charge on any atom is -0.0776 e. The maximum Gasteiger partial charge on any atom is -0.0224 e. The van der Waals surface area contributed by atoms with Crippen LogP contribution in [0.5, 0.6) is 0 Å². The van der Waals surface area contributed by atoms with E-state index in [1.54, 1.807) is 5.57 Å². The van der Waals surface area contributed by atoms with E-state index in [0.717, 1.165) is 5.92 Å². The molecule has 0 bridgehead atoms. The van der Waals surface area contributed by atoms with Gasteiger partial charge in [0, 0.05) is 0 Å². The molecule has 0 saturated heterocycles. The molecule has 1 unspecified atom stereocenters. The minimum atomic E-state index is 0.843. The molecule has 0 saturated carbocycles. The Morgan fingerprint density at radius 3 is 2.71 bits per heavy atom. The summed E-state index contributed by atoms with van der Waals surface area (Å²) in [6, 6.07) is 10.8. The molecular formula is C14H18. The standard InChI is InChI=1S/C14H18/c1-2-6-12-9-10-14(11-12)13-7-4-3-5-8-13/h3-5,7-8,11-12H,2,6,9-10H2,1H3. The van der Waals surface area contributed by atoms with Gasteiger partial charge in [0.05, 0.1) is 0 Å². The molecular weight excluding hydrogens is 168 g/mol. The molecule has 2 rings (SSSR count). The molecule has 1 aliphatic rings. The molecule has 1 atom stereocenters.